The number of hydrogen-bond acceptors (Lipinski definition) is 6. The Bertz CT molecular complexity index is 1460. The number of para-hydroxylation sites is 1. The van der Waals surface area contributed by atoms with Crippen molar-refractivity contribution in [3.05, 3.63) is 71.7 Å². The zero-order valence-corrected chi connectivity index (χ0v) is 20.1. The predicted molar refractivity (Wildman–Crippen MR) is 137 cm³/mol. The maximum atomic E-state index is 13.6. The van der Waals surface area contributed by atoms with Crippen molar-refractivity contribution in [2.24, 2.45) is 5.92 Å². The lowest BCUT2D eigenvalue weighted by atomic mass is 10.1. The van der Waals surface area contributed by atoms with Gasteiger partial charge in [-0.15, -0.1) is 20.9 Å². The molecule has 1 unspecified atom stereocenters. The van der Waals surface area contributed by atoms with Crippen molar-refractivity contribution in [2.45, 2.75) is 13.0 Å². The lowest BCUT2D eigenvalue weighted by Crippen LogP contribution is -2.40. The minimum Gasteiger partial charge on any atom is -0.457 e. The first-order valence-corrected chi connectivity index (χ1v) is 12.4. The number of thiophene rings is 1. The number of anilines is 3. The third-order valence-corrected chi connectivity index (χ3v) is 7.51. The van der Waals surface area contributed by atoms with Crippen LogP contribution in [0.25, 0.3) is 10.2 Å². The van der Waals surface area contributed by atoms with Gasteiger partial charge >= 0.3 is 6.03 Å². The summed E-state index contributed by atoms with van der Waals surface area (Å²) in [4.78, 5) is 33.4. The Morgan fingerprint density at radius 3 is 2.58 bits per heavy atom. The van der Waals surface area contributed by atoms with Gasteiger partial charge < -0.3 is 15.4 Å². The molecule has 182 valence electrons. The van der Waals surface area contributed by atoms with Crippen molar-refractivity contribution in [2.75, 3.05) is 23.3 Å². The monoisotopic (exact) mass is 503 g/mol. The summed E-state index contributed by atoms with van der Waals surface area (Å²) in [6.45, 7) is 2.31. The number of amides is 3. The van der Waals surface area contributed by atoms with Crippen molar-refractivity contribution in [3.8, 4) is 11.5 Å². The number of nitrogens with zero attached hydrogens (tertiary/aromatic N) is 3. The van der Waals surface area contributed by atoms with E-state index >= 15 is 0 Å². The molecule has 1 saturated heterocycles. The molecule has 4 aromatic rings. The average Bonchev–Trinajstić information content (AvgIpc) is 3.40. The summed E-state index contributed by atoms with van der Waals surface area (Å²) >= 11 is 1.21. The molecule has 0 radical (unpaired) electrons. The first-order valence-electron chi connectivity index (χ1n) is 11.5. The van der Waals surface area contributed by atoms with Gasteiger partial charge in [-0.3, -0.25) is 9.69 Å². The maximum Gasteiger partial charge on any atom is 0.331 e. The Hall–Kier alpha value is -4.02. The van der Waals surface area contributed by atoms with E-state index in [9.17, 15) is 14.1 Å². The Morgan fingerprint density at radius 1 is 1.11 bits per heavy atom. The maximum absolute atomic E-state index is 13.6. The van der Waals surface area contributed by atoms with Crippen molar-refractivity contribution in [3.63, 3.8) is 0 Å². The summed E-state index contributed by atoms with van der Waals surface area (Å²) < 4.78 is 19.5. The van der Waals surface area contributed by atoms with Gasteiger partial charge in [0.15, 0.2) is 0 Å². The number of urea groups is 1. The molecule has 0 spiro atoms. The van der Waals surface area contributed by atoms with Gasteiger partial charge in [-0.25, -0.2) is 9.78 Å². The quantitative estimate of drug-likeness (QED) is 0.341. The molecule has 2 aliphatic rings. The fourth-order valence-electron chi connectivity index (χ4n) is 4.62. The molecular weight excluding hydrogens is 481 g/mol. The number of halogens is 1. The van der Waals surface area contributed by atoms with Crippen LogP contribution in [0.1, 0.15) is 16.6 Å². The lowest BCUT2D eigenvalue weighted by molar-refractivity contribution is 0.0509. The molecule has 10 heteroatoms. The lowest BCUT2D eigenvalue weighted by Gasteiger charge is -2.28. The van der Waals surface area contributed by atoms with Crippen LogP contribution in [0.15, 0.2) is 66.9 Å². The highest BCUT2D eigenvalue weighted by molar-refractivity contribution is 7.21. The van der Waals surface area contributed by atoms with Gasteiger partial charge in [-0.1, -0.05) is 25.1 Å². The third-order valence-electron chi connectivity index (χ3n) is 6.41. The molecule has 0 aliphatic carbocycles. The van der Waals surface area contributed by atoms with Crippen LogP contribution in [0, 0.1) is 5.92 Å². The summed E-state index contributed by atoms with van der Waals surface area (Å²) in [6, 6.07) is 17.7. The number of carbonyl (C=O) groups excluding carboxylic acids is 2. The van der Waals surface area contributed by atoms with Crippen LogP contribution in [0.2, 0.25) is 0 Å². The number of aromatic nitrogens is 1. The SMILES string of the molecule is C[C@H]1CN(F)CC1NC(=O)c1sc2nccc3c2c1NC(=O)N3c1ccc(Oc2ccccc2)cc1. The highest BCUT2D eigenvalue weighted by atomic mass is 32.1. The zero-order valence-electron chi connectivity index (χ0n) is 19.3. The van der Waals surface area contributed by atoms with E-state index in [2.05, 4.69) is 15.6 Å². The summed E-state index contributed by atoms with van der Waals surface area (Å²) in [6.07, 6.45) is 1.62. The Balaban J connectivity index is 1.31. The molecule has 2 aromatic carbocycles. The highest BCUT2D eigenvalue weighted by Crippen LogP contribution is 2.46. The second-order valence-corrected chi connectivity index (χ2v) is 9.88. The molecule has 8 nitrogen and oxygen atoms in total. The molecule has 36 heavy (non-hydrogen) atoms. The molecule has 3 amide bonds. The van der Waals surface area contributed by atoms with E-state index in [1.54, 1.807) is 41.4 Å². The Kier molecular flexibility index (Phi) is 5.54. The fraction of sp³-hybridized carbons (Fsp3) is 0.192. The first-order chi connectivity index (χ1) is 17.5. The minimum absolute atomic E-state index is 0.0164. The second kappa shape index (κ2) is 8.89. The predicted octanol–water partition coefficient (Wildman–Crippen LogP) is 5.71. The Morgan fingerprint density at radius 2 is 1.86 bits per heavy atom. The van der Waals surface area contributed by atoms with E-state index in [0.29, 0.717) is 43.0 Å². The zero-order chi connectivity index (χ0) is 24.8. The van der Waals surface area contributed by atoms with Crippen LogP contribution in [0.5, 0.6) is 11.5 Å². The van der Waals surface area contributed by atoms with E-state index < -0.39 is 0 Å². The summed E-state index contributed by atoms with van der Waals surface area (Å²) in [5, 5.41) is 7.21. The number of nitrogens with one attached hydrogen (secondary N) is 2. The van der Waals surface area contributed by atoms with Crippen molar-refractivity contribution in [1.82, 2.24) is 15.4 Å². The van der Waals surface area contributed by atoms with E-state index in [0.717, 1.165) is 5.75 Å². The average molecular weight is 504 g/mol. The molecule has 4 heterocycles. The van der Waals surface area contributed by atoms with Gasteiger partial charge in [-0.05, 0) is 48.4 Å². The standard InChI is InChI=1S/C26H22FN5O3S/c1-15-13-31(27)14-19(15)29-24(33)23-22-21-20(11-12-28-25(21)36-23)32(26(34)30-22)16-7-9-18(10-8-16)35-17-5-3-2-4-6-17/h2-12,15,19H,13-14H2,1H3,(H,29,33)(H,30,34)/t15-,19?/m0/s1. The molecule has 0 saturated carbocycles. The van der Waals surface area contributed by atoms with Gasteiger partial charge in [0.25, 0.3) is 5.91 Å². The molecule has 6 rings (SSSR count). The Labute approximate surface area is 210 Å². The number of carbonyl (C=O) groups is 2. The normalized spacial score (nSPS) is 19.4. The van der Waals surface area contributed by atoms with Crippen LogP contribution < -0.4 is 20.3 Å². The molecule has 2 aliphatic heterocycles. The van der Waals surface area contributed by atoms with E-state index in [4.69, 9.17) is 4.74 Å². The van der Waals surface area contributed by atoms with Crippen LogP contribution in [0.4, 0.5) is 26.3 Å². The second-order valence-electron chi connectivity index (χ2n) is 8.88. The largest absolute Gasteiger partial charge is 0.457 e. The molecular formula is C26H22FN5O3S. The molecule has 1 fully saturated rings. The smallest absolute Gasteiger partial charge is 0.331 e. The highest BCUT2D eigenvalue weighted by Gasteiger charge is 2.35. The third kappa shape index (κ3) is 3.94. The van der Waals surface area contributed by atoms with Crippen molar-refractivity contribution in [1.29, 1.82) is 0 Å². The number of ether oxygens (including phenoxy) is 1. The minimum atomic E-state index is -0.386. The van der Waals surface area contributed by atoms with Crippen molar-refractivity contribution >= 4 is 50.6 Å². The van der Waals surface area contributed by atoms with Gasteiger partial charge in [0, 0.05) is 25.3 Å². The summed E-state index contributed by atoms with van der Waals surface area (Å²) in [5.41, 5.74) is 1.71. The van der Waals surface area contributed by atoms with Crippen LogP contribution in [0.3, 0.4) is 0 Å². The molecule has 0 bridgehead atoms. The van der Waals surface area contributed by atoms with E-state index in [1.165, 1.54) is 11.3 Å². The summed E-state index contributed by atoms with van der Waals surface area (Å²) in [5.74, 6) is 1.00. The van der Waals surface area contributed by atoms with E-state index in [1.807, 2.05) is 37.3 Å². The van der Waals surface area contributed by atoms with Gasteiger partial charge in [0.05, 0.1) is 22.4 Å². The van der Waals surface area contributed by atoms with Gasteiger partial charge in [-0.2, -0.15) is 0 Å². The molecule has 2 N–H and O–H groups in total. The van der Waals surface area contributed by atoms with Crippen LogP contribution in [-0.4, -0.2) is 41.2 Å². The molecule has 2 aromatic heterocycles. The topological polar surface area (TPSA) is 86.8 Å². The number of benzene rings is 2. The fourth-order valence-corrected chi connectivity index (χ4v) is 5.64. The number of pyridine rings is 1. The summed E-state index contributed by atoms with van der Waals surface area (Å²) in [7, 11) is 0. The molecule has 2 atom stereocenters. The van der Waals surface area contributed by atoms with Gasteiger partial charge in [0.1, 0.15) is 21.2 Å². The van der Waals surface area contributed by atoms with Crippen molar-refractivity contribution < 1.29 is 18.8 Å². The van der Waals surface area contributed by atoms with Crippen LogP contribution in [-0.2, 0) is 0 Å². The van der Waals surface area contributed by atoms with Gasteiger partial charge in [0.2, 0.25) is 0 Å². The number of hydrogen-bond donors (Lipinski definition) is 2. The first kappa shape index (κ1) is 22.4. The number of rotatable bonds is 5. The van der Waals surface area contributed by atoms with Crippen LogP contribution >= 0.6 is 11.3 Å². The van der Waals surface area contributed by atoms with E-state index in [-0.39, 0.29) is 37.0 Å².